The van der Waals surface area contributed by atoms with Gasteiger partial charge in [0.05, 0.1) is 6.42 Å². The molecule has 0 unspecified atom stereocenters. The molecular weight excluding hydrogens is 324 g/mol. The number of rotatable bonds is 8. The molecule has 128 valence electrons. The maximum Gasteiger partial charge on any atom is 0.226 e. The molecule has 0 atom stereocenters. The molecule has 1 amide bonds. The number of hydrogen-bond acceptors (Lipinski definition) is 3. The monoisotopic (exact) mass is 346 g/mol. The van der Waals surface area contributed by atoms with Gasteiger partial charge in [-0.1, -0.05) is 35.9 Å². The van der Waals surface area contributed by atoms with Crippen molar-refractivity contribution in [1.29, 1.82) is 0 Å². The average molecular weight is 347 g/mol. The van der Waals surface area contributed by atoms with Crippen LogP contribution in [0.25, 0.3) is 0 Å². The van der Waals surface area contributed by atoms with Gasteiger partial charge in [0.2, 0.25) is 5.91 Å². The van der Waals surface area contributed by atoms with Gasteiger partial charge in [0.25, 0.3) is 0 Å². The van der Waals surface area contributed by atoms with E-state index in [0.29, 0.717) is 24.6 Å². The zero-order valence-corrected chi connectivity index (χ0v) is 14.8. The van der Waals surface area contributed by atoms with Crippen LogP contribution in [0.2, 0.25) is 5.02 Å². The van der Waals surface area contributed by atoms with Crippen molar-refractivity contribution in [3.8, 4) is 5.75 Å². The summed E-state index contributed by atoms with van der Waals surface area (Å²) in [5, 5.41) is 3.75. The molecule has 0 spiro atoms. The zero-order chi connectivity index (χ0) is 17.4. The molecule has 0 heterocycles. The molecule has 2 aromatic rings. The number of benzene rings is 2. The number of amides is 1. The van der Waals surface area contributed by atoms with E-state index < -0.39 is 0 Å². The Morgan fingerprint density at radius 2 is 1.92 bits per heavy atom. The fourth-order valence-corrected chi connectivity index (χ4v) is 2.33. The van der Waals surface area contributed by atoms with Crippen LogP contribution < -0.4 is 10.1 Å². The number of hydrogen-bond donors (Lipinski definition) is 1. The van der Waals surface area contributed by atoms with Crippen LogP contribution in [0.5, 0.6) is 5.75 Å². The summed E-state index contributed by atoms with van der Waals surface area (Å²) in [6, 6.07) is 15.2. The third kappa shape index (κ3) is 5.87. The molecule has 5 heteroatoms. The number of carbonyl (C=O) groups excluding carboxylic acids is 1. The molecule has 0 bridgehead atoms. The standard InChI is InChI=1S/C19H23ClN2O2/c1-21-10-11-22(2)19(23)13-16-4-3-5-18(12-16)24-14-15-6-8-17(20)9-7-15/h3-9,12,21H,10-11,13-14H2,1-2H3. The Balaban J connectivity index is 1.91. The van der Waals surface area contributed by atoms with Crippen molar-refractivity contribution in [1.82, 2.24) is 10.2 Å². The van der Waals surface area contributed by atoms with Gasteiger partial charge >= 0.3 is 0 Å². The highest BCUT2D eigenvalue weighted by Gasteiger charge is 2.09. The minimum Gasteiger partial charge on any atom is -0.489 e. The Bertz CT molecular complexity index is 659. The van der Waals surface area contributed by atoms with Gasteiger partial charge in [-0.25, -0.2) is 0 Å². The number of nitrogens with zero attached hydrogens (tertiary/aromatic N) is 1. The second-order valence-corrected chi connectivity index (χ2v) is 6.09. The van der Waals surface area contributed by atoms with Crippen LogP contribution in [0, 0.1) is 0 Å². The van der Waals surface area contributed by atoms with Crippen LogP contribution in [0.4, 0.5) is 0 Å². The summed E-state index contributed by atoms with van der Waals surface area (Å²) in [4.78, 5) is 13.9. The van der Waals surface area contributed by atoms with Crippen LogP contribution in [-0.2, 0) is 17.8 Å². The summed E-state index contributed by atoms with van der Waals surface area (Å²) in [6.45, 7) is 1.95. The Morgan fingerprint density at radius 3 is 2.62 bits per heavy atom. The fourth-order valence-electron chi connectivity index (χ4n) is 2.21. The smallest absolute Gasteiger partial charge is 0.226 e. The first-order chi connectivity index (χ1) is 11.6. The zero-order valence-electron chi connectivity index (χ0n) is 14.1. The van der Waals surface area contributed by atoms with Gasteiger partial charge in [-0.3, -0.25) is 4.79 Å². The normalized spacial score (nSPS) is 10.5. The summed E-state index contributed by atoms with van der Waals surface area (Å²) in [5.74, 6) is 0.855. The second kappa shape index (κ2) is 9.30. The lowest BCUT2D eigenvalue weighted by Gasteiger charge is -2.17. The molecule has 1 N–H and O–H groups in total. The van der Waals surface area contributed by atoms with Gasteiger partial charge in [0, 0.05) is 25.2 Å². The van der Waals surface area contributed by atoms with Gasteiger partial charge in [0.1, 0.15) is 12.4 Å². The maximum absolute atomic E-state index is 12.2. The van der Waals surface area contributed by atoms with Crippen molar-refractivity contribution in [2.75, 3.05) is 27.2 Å². The molecule has 0 aliphatic carbocycles. The van der Waals surface area contributed by atoms with Crippen LogP contribution >= 0.6 is 11.6 Å². The second-order valence-electron chi connectivity index (χ2n) is 5.66. The summed E-state index contributed by atoms with van der Waals surface area (Å²) in [6.07, 6.45) is 0.373. The summed E-state index contributed by atoms with van der Waals surface area (Å²) in [5.41, 5.74) is 2.00. The Morgan fingerprint density at radius 1 is 1.17 bits per heavy atom. The number of likely N-dealkylation sites (N-methyl/N-ethyl adjacent to an activating group) is 2. The molecule has 0 aliphatic heterocycles. The number of halogens is 1. The van der Waals surface area contributed by atoms with Crippen molar-refractivity contribution in [2.24, 2.45) is 0 Å². The van der Waals surface area contributed by atoms with Gasteiger partial charge < -0.3 is 15.0 Å². The maximum atomic E-state index is 12.2. The first-order valence-electron chi connectivity index (χ1n) is 7.93. The fraction of sp³-hybridized carbons (Fsp3) is 0.316. The molecule has 2 rings (SSSR count). The highest BCUT2D eigenvalue weighted by molar-refractivity contribution is 6.30. The SMILES string of the molecule is CNCCN(C)C(=O)Cc1cccc(OCc2ccc(Cl)cc2)c1. The van der Waals surface area contributed by atoms with E-state index in [0.717, 1.165) is 23.4 Å². The lowest BCUT2D eigenvalue weighted by atomic mass is 10.1. The highest BCUT2D eigenvalue weighted by atomic mass is 35.5. The predicted octanol–water partition coefficient (Wildman–Crippen LogP) is 3.14. The van der Waals surface area contributed by atoms with Crippen molar-refractivity contribution in [3.63, 3.8) is 0 Å². The van der Waals surface area contributed by atoms with Gasteiger partial charge in [-0.15, -0.1) is 0 Å². The van der Waals surface area contributed by atoms with Crippen molar-refractivity contribution < 1.29 is 9.53 Å². The van der Waals surface area contributed by atoms with Crippen LogP contribution in [0.15, 0.2) is 48.5 Å². The largest absolute Gasteiger partial charge is 0.489 e. The van der Waals surface area contributed by atoms with E-state index >= 15 is 0 Å². The topological polar surface area (TPSA) is 41.6 Å². The predicted molar refractivity (Wildman–Crippen MR) is 97.5 cm³/mol. The van der Waals surface area contributed by atoms with E-state index in [1.807, 2.05) is 62.6 Å². The first kappa shape index (κ1) is 18.3. The summed E-state index contributed by atoms with van der Waals surface area (Å²) >= 11 is 5.87. The average Bonchev–Trinajstić information content (AvgIpc) is 2.59. The minimum absolute atomic E-state index is 0.0973. The number of carbonyl (C=O) groups is 1. The van der Waals surface area contributed by atoms with Crippen molar-refractivity contribution >= 4 is 17.5 Å². The highest BCUT2D eigenvalue weighted by Crippen LogP contribution is 2.17. The van der Waals surface area contributed by atoms with E-state index in [1.165, 1.54) is 0 Å². The number of ether oxygens (including phenoxy) is 1. The van der Waals surface area contributed by atoms with E-state index in [1.54, 1.807) is 4.90 Å². The van der Waals surface area contributed by atoms with Gasteiger partial charge in [0.15, 0.2) is 0 Å². The molecule has 24 heavy (non-hydrogen) atoms. The molecule has 0 saturated carbocycles. The third-order valence-electron chi connectivity index (χ3n) is 3.70. The quantitative estimate of drug-likeness (QED) is 0.798. The minimum atomic E-state index is 0.0973. The van der Waals surface area contributed by atoms with Gasteiger partial charge in [-0.2, -0.15) is 0 Å². The molecule has 2 aromatic carbocycles. The molecule has 0 fully saturated rings. The molecule has 0 radical (unpaired) electrons. The summed E-state index contributed by atoms with van der Waals surface area (Å²) < 4.78 is 5.80. The van der Waals surface area contributed by atoms with Crippen LogP contribution in [0.3, 0.4) is 0 Å². The van der Waals surface area contributed by atoms with E-state index in [-0.39, 0.29) is 5.91 Å². The molecule has 0 aromatic heterocycles. The molecule has 0 saturated heterocycles. The van der Waals surface area contributed by atoms with Crippen molar-refractivity contribution in [2.45, 2.75) is 13.0 Å². The first-order valence-corrected chi connectivity index (χ1v) is 8.31. The lowest BCUT2D eigenvalue weighted by Crippen LogP contribution is -2.33. The van der Waals surface area contributed by atoms with E-state index in [4.69, 9.17) is 16.3 Å². The Hall–Kier alpha value is -2.04. The number of nitrogens with one attached hydrogen (secondary N) is 1. The van der Waals surface area contributed by atoms with Gasteiger partial charge in [-0.05, 0) is 42.4 Å². The van der Waals surface area contributed by atoms with E-state index in [9.17, 15) is 4.79 Å². The Labute approximate surface area is 148 Å². The molecule has 0 aliphatic rings. The third-order valence-corrected chi connectivity index (χ3v) is 3.95. The van der Waals surface area contributed by atoms with E-state index in [2.05, 4.69) is 5.32 Å². The Kier molecular flexibility index (Phi) is 7.09. The van der Waals surface area contributed by atoms with Crippen molar-refractivity contribution in [3.05, 3.63) is 64.7 Å². The molecule has 4 nitrogen and oxygen atoms in total. The van der Waals surface area contributed by atoms with Crippen LogP contribution in [0.1, 0.15) is 11.1 Å². The summed E-state index contributed by atoms with van der Waals surface area (Å²) in [7, 11) is 3.69. The van der Waals surface area contributed by atoms with Crippen LogP contribution in [-0.4, -0.2) is 38.0 Å². The molecular formula is C19H23ClN2O2. The lowest BCUT2D eigenvalue weighted by molar-refractivity contribution is -0.129.